The van der Waals surface area contributed by atoms with Gasteiger partial charge in [-0.15, -0.1) is 0 Å². The molecule has 3 aromatic rings. The molecule has 4 rings (SSSR count). The maximum atomic E-state index is 13.8. The molecule has 32 heavy (non-hydrogen) atoms. The van der Waals surface area contributed by atoms with Crippen LogP contribution < -0.4 is 10.6 Å². The van der Waals surface area contributed by atoms with Crippen LogP contribution >= 0.6 is 0 Å². The standard InChI is InChI=1S/C23H24F3N5O/c1-3-15-6-8-17(9-7-15)19-10-20(23(24,25)26)31-21(30-19)18(13-29-31)22(32)28-12-16-5-4-14(2)27-11-16/h4-9,11,13,19-20,30H,3,10,12H2,1-2H3,(H,28,32)/t19-,20+/m0/s1. The second-order valence-electron chi connectivity index (χ2n) is 7.93. The van der Waals surface area contributed by atoms with Crippen LogP contribution in [0.2, 0.25) is 0 Å². The van der Waals surface area contributed by atoms with Crippen molar-refractivity contribution in [2.24, 2.45) is 0 Å². The van der Waals surface area contributed by atoms with Crippen molar-refractivity contribution in [3.8, 4) is 0 Å². The van der Waals surface area contributed by atoms with Gasteiger partial charge in [-0.2, -0.15) is 18.3 Å². The number of aryl methyl sites for hydroxylation is 2. The van der Waals surface area contributed by atoms with Crippen molar-refractivity contribution in [3.63, 3.8) is 0 Å². The van der Waals surface area contributed by atoms with Gasteiger partial charge in [0.1, 0.15) is 11.4 Å². The van der Waals surface area contributed by atoms with Crippen LogP contribution in [0.3, 0.4) is 0 Å². The van der Waals surface area contributed by atoms with Crippen molar-refractivity contribution in [1.82, 2.24) is 20.1 Å². The molecule has 168 valence electrons. The van der Waals surface area contributed by atoms with E-state index in [4.69, 9.17) is 0 Å². The number of halogens is 3. The van der Waals surface area contributed by atoms with Gasteiger partial charge in [0.15, 0.2) is 6.04 Å². The van der Waals surface area contributed by atoms with E-state index in [2.05, 4.69) is 20.7 Å². The Balaban J connectivity index is 1.60. The van der Waals surface area contributed by atoms with E-state index in [1.165, 1.54) is 6.20 Å². The Kier molecular flexibility index (Phi) is 5.90. The van der Waals surface area contributed by atoms with Gasteiger partial charge in [0.05, 0.1) is 12.2 Å². The van der Waals surface area contributed by atoms with Gasteiger partial charge in [-0.1, -0.05) is 37.3 Å². The SMILES string of the molecule is CCc1ccc([C@@H]2C[C@H](C(F)(F)F)n3ncc(C(=O)NCc4ccc(C)nc4)c3N2)cc1. The van der Waals surface area contributed by atoms with E-state index in [0.717, 1.165) is 33.5 Å². The summed E-state index contributed by atoms with van der Waals surface area (Å²) in [4.78, 5) is 17.0. The molecule has 0 radical (unpaired) electrons. The first kappa shape index (κ1) is 21.9. The summed E-state index contributed by atoms with van der Waals surface area (Å²) in [6.45, 7) is 4.08. The molecule has 0 spiro atoms. The van der Waals surface area contributed by atoms with Crippen LogP contribution in [0.1, 0.15) is 58.2 Å². The largest absolute Gasteiger partial charge is 0.410 e. The van der Waals surface area contributed by atoms with E-state index in [1.54, 1.807) is 6.20 Å². The van der Waals surface area contributed by atoms with E-state index in [1.807, 2.05) is 50.2 Å². The van der Waals surface area contributed by atoms with Crippen molar-refractivity contribution in [1.29, 1.82) is 0 Å². The van der Waals surface area contributed by atoms with E-state index in [9.17, 15) is 18.0 Å². The number of hydrogen-bond donors (Lipinski definition) is 2. The molecule has 6 nitrogen and oxygen atoms in total. The first-order chi connectivity index (χ1) is 15.3. The molecule has 1 aliphatic rings. The van der Waals surface area contributed by atoms with Crippen LogP contribution in [-0.4, -0.2) is 26.8 Å². The van der Waals surface area contributed by atoms with Crippen molar-refractivity contribution >= 4 is 11.7 Å². The quantitative estimate of drug-likeness (QED) is 0.598. The number of fused-ring (bicyclic) bond motifs is 1. The summed E-state index contributed by atoms with van der Waals surface area (Å²) in [5.41, 5.74) is 3.56. The van der Waals surface area contributed by atoms with Gasteiger partial charge < -0.3 is 10.6 Å². The fraction of sp³-hybridized carbons (Fsp3) is 0.348. The summed E-state index contributed by atoms with van der Waals surface area (Å²) in [7, 11) is 0. The predicted octanol–water partition coefficient (Wildman–Crippen LogP) is 4.74. The zero-order chi connectivity index (χ0) is 22.9. The van der Waals surface area contributed by atoms with E-state index < -0.39 is 24.2 Å². The van der Waals surface area contributed by atoms with Crippen LogP contribution in [0, 0.1) is 6.92 Å². The van der Waals surface area contributed by atoms with Crippen LogP contribution in [0.4, 0.5) is 19.0 Å². The van der Waals surface area contributed by atoms with Crippen molar-refractivity contribution in [2.45, 2.75) is 51.5 Å². The summed E-state index contributed by atoms with van der Waals surface area (Å²) in [6.07, 6.45) is -1.02. The second kappa shape index (κ2) is 8.64. The van der Waals surface area contributed by atoms with Gasteiger partial charge in [0.2, 0.25) is 0 Å². The number of alkyl halides is 3. The third-order valence-electron chi connectivity index (χ3n) is 5.70. The third kappa shape index (κ3) is 4.46. The zero-order valence-corrected chi connectivity index (χ0v) is 17.8. The van der Waals surface area contributed by atoms with Gasteiger partial charge in [-0.25, -0.2) is 4.68 Å². The average molecular weight is 443 g/mol. The number of nitrogens with one attached hydrogen (secondary N) is 2. The average Bonchev–Trinajstić information content (AvgIpc) is 3.21. The molecule has 3 heterocycles. The zero-order valence-electron chi connectivity index (χ0n) is 17.8. The molecule has 1 aromatic carbocycles. The minimum atomic E-state index is -4.49. The van der Waals surface area contributed by atoms with Gasteiger partial charge in [0, 0.05) is 24.9 Å². The Morgan fingerprint density at radius 3 is 2.50 bits per heavy atom. The lowest BCUT2D eigenvalue weighted by Crippen LogP contribution is -2.36. The van der Waals surface area contributed by atoms with Crippen molar-refractivity contribution in [2.75, 3.05) is 5.32 Å². The molecule has 0 bridgehead atoms. The highest BCUT2D eigenvalue weighted by molar-refractivity contribution is 5.98. The first-order valence-corrected chi connectivity index (χ1v) is 10.5. The van der Waals surface area contributed by atoms with Gasteiger partial charge in [-0.3, -0.25) is 9.78 Å². The van der Waals surface area contributed by atoms with Crippen molar-refractivity contribution in [3.05, 3.63) is 76.7 Å². The van der Waals surface area contributed by atoms with E-state index in [0.29, 0.717) is 0 Å². The molecule has 2 atom stereocenters. The molecule has 0 unspecified atom stereocenters. The second-order valence-corrected chi connectivity index (χ2v) is 7.93. The van der Waals surface area contributed by atoms with Crippen LogP contribution in [-0.2, 0) is 13.0 Å². The Morgan fingerprint density at radius 1 is 1.16 bits per heavy atom. The Hall–Kier alpha value is -3.36. The number of amides is 1. The molecule has 1 amide bonds. The van der Waals surface area contributed by atoms with Gasteiger partial charge in [0.25, 0.3) is 5.91 Å². The van der Waals surface area contributed by atoms with Crippen molar-refractivity contribution < 1.29 is 18.0 Å². The summed E-state index contributed by atoms with van der Waals surface area (Å²) in [5, 5.41) is 9.76. The van der Waals surface area contributed by atoms with E-state index >= 15 is 0 Å². The molecule has 2 aromatic heterocycles. The lowest BCUT2D eigenvalue weighted by molar-refractivity contribution is -0.173. The number of pyridine rings is 1. The topological polar surface area (TPSA) is 71.8 Å². The van der Waals surface area contributed by atoms with Gasteiger partial charge >= 0.3 is 6.18 Å². The molecular weight excluding hydrogens is 419 g/mol. The number of carbonyl (C=O) groups is 1. The summed E-state index contributed by atoms with van der Waals surface area (Å²) in [6, 6.07) is 8.74. The van der Waals surface area contributed by atoms with Crippen LogP contribution in [0.5, 0.6) is 0 Å². The molecule has 9 heteroatoms. The van der Waals surface area contributed by atoms with Crippen LogP contribution in [0.25, 0.3) is 0 Å². The van der Waals surface area contributed by atoms with Crippen LogP contribution in [0.15, 0.2) is 48.8 Å². The molecule has 0 fully saturated rings. The number of benzene rings is 1. The highest BCUT2D eigenvalue weighted by Gasteiger charge is 2.47. The number of aromatic nitrogens is 3. The monoisotopic (exact) mass is 443 g/mol. The molecule has 0 aliphatic carbocycles. The Bertz CT molecular complexity index is 1090. The van der Waals surface area contributed by atoms with Gasteiger partial charge in [-0.05, 0) is 36.1 Å². The maximum Gasteiger partial charge on any atom is 0.410 e. The Labute approximate surface area is 183 Å². The number of hydrogen-bond acceptors (Lipinski definition) is 4. The maximum absolute atomic E-state index is 13.8. The normalized spacial score (nSPS) is 18.0. The lowest BCUT2D eigenvalue weighted by atomic mass is 9.95. The first-order valence-electron chi connectivity index (χ1n) is 10.5. The number of nitrogens with zero attached hydrogens (tertiary/aromatic N) is 3. The smallest absolute Gasteiger partial charge is 0.363 e. The predicted molar refractivity (Wildman–Crippen MR) is 114 cm³/mol. The summed E-state index contributed by atoms with van der Waals surface area (Å²) in [5.74, 6) is -0.426. The molecule has 1 aliphatic heterocycles. The highest BCUT2D eigenvalue weighted by atomic mass is 19.4. The number of rotatable bonds is 5. The fourth-order valence-corrected chi connectivity index (χ4v) is 3.81. The third-order valence-corrected chi connectivity index (χ3v) is 5.70. The van der Waals surface area contributed by atoms with E-state index in [-0.39, 0.29) is 24.3 Å². The minimum Gasteiger partial charge on any atom is -0.363 e. The summed E-state index contributed by atoms with van der Waals surface area (Å²) < 4.78 is 42.4. The number of anilines is 1. The minimum absolute atomic E-state index is 0.0719. The number of carbonyl (C=O) groups excluding carboxylic acids is 1. The Morgan fingerprint density at radius 2 is 1.88 bits per heavy atom. The summed E-state index contributed by atoms with van der Waals surface area (Å²) >= 11 is 0. The molecule has 2 N–H and O–H groups in total. The molecule has 0 saturated carbocycles. The highest BCUT2D eigenvalue weighted by Crippen LogP contribution is 2.44. The molecule has 0 saturated heterocycles. The molecular formula is C23H24F3N5O. The lowest BCUT2D eigenvalue weighted by Gasteiger charge is -2.34. The fourth-order valence-electron chi connectivity index (χ4n) is 3.81.